The van der Waals surface area contributed by atoms with Gasteiger partial charge in [-0.1, -0.05) is 0 Å². The van der Waals surface area contributed by atoms with Gasteiger partial charge in [-0.25, -0.2) is 0 Å². The summed E-state index contributed by atoms with van der Waals surface area (Å²) < 4.78 is 0. The third kappa shape index (κ3) is 3.92. The molecule has 0 saturated carbocycles. The van der Waals surface area contributed by atoms with Gasteiger partial charge in [-0.2, -0.15) is 0 Å². The molecule has 0 radical (unpaired) electrons. The summed E-state index contributed by atoms with van der Waals surface area (Å²) in [4.78, 5) is 34.9. The van der Waals surface area contributed by atoms with Gasteiger partial charge in [-0.3, -0.25) is 19.5 Å². The number of pyridine rings is 1. The van der Waals surface area contributed by atoms with E-state index in [1.807, 2.05) is 35.5 Å². The molecule has 2 amide bonds. The Morgan fingerprint density at radius 2 is 1.79 bits per heavy atom. The highest BCUT2D eigenvalue weighted by Gasteiger charge is 2.25. The number of hydrogen-bond donors (Lipinski definition) is 0. The Morgan fingerprint density at radius 1 is 1.04 bits per heavy atom. The second-order valence-electron chi connectivity index (χ2n) is 7.54. The molecule has 0 N–H and O–H groups in total. The van der Waals surface area contributed by atoms with E-state index in [2.05, 4.69) is 22.0 Å². The fourth-order valence-electron chi connectivity index (χ4n) is 3.98. The van der Waals surface area contributed by atoms with E-state index >= 15 is 0 Å². The summed E-state index contributed by atoms with van der Waals surface area (Å²) in [6, 6.07) is 9.84. The first-order valence-corrected chi connectivity index (χ1v) is 9.92. The van der Waals surface area contributed by atoms with Gasteiger partial charge < -0.3 is 9.80 Å². The Balaban J connectivity index is 1.33. The van der Waals surface area contributed by atoms with Gasteiger partial charge in [0.25, 0.3) is 5.91 Å². The van der Waals surface area contributed by atoms with Gasteiger partial charge in [0.05, 0.1) is 0 Å². The molecule has 28 heavy (non-hydrogen) atoms. The first-order chi connectivity index (χ1) is 13.6. The monoisotopic (exact) mass is 378 g/mol. The van der Waals surface area contributed by atoms with Crippen LogP contribution >= 0.6 is 0 Å². The molecular formula is C22H26N4O2. The summed E-state index contributed by atoms with van der Waals surface area (Å²) in [5.41, 5.74) is 4.04. The van der Waals surface area contributed by atoms with E-state index in [0.717, 1.165) is 56.0 Å². The Kier molecular flexibility index (Phi) is 5.39. The van der Waals surface area contributed by atoms with Gasteiger partial charge in [0.1, 0.15) is 0 Å². The van der Waals surface area contributed by atoms with Crippen LogP contribution < -0.4 is 4.90 Å². The van der Waals surface area contributed by atoms with Gasteiger partial charge in [-0.05, 0) is 54.3 Å². The van der Waals surface area contributed by atoms with Crippen molar-refractivity contribution in [1.82, 2.24) is 14.8 Å². The molecule has 2 aliphatic heterocycles. The standard InChI is InChI=1S/C22H26N4O2/c1-24-20-4-2-19(16-18(20)3-5-21(24)27)22(28)26-14-12-25(13-15-26)11-8-17-6-9-23-10-7-17/h2,4,6-7,9-10,16H,3,5,8,11-15H2,1H3. The van der Waals surface area contributed by atoms with E-state index in [4.69, 9.17) is 0 Å². The van der Waals surface area contributed by atoms with E-state index < -0.39 is 0 Å². The van der Waals surface area contributed by atoms with Crippen LogP contribution in [-0.4, -0.2) is 66.4 Å². The Bertz CT molecular complexity index is 860. The lowest BCUT2D eigenvalue weighted by atomic mass is 9.98. The van der Waals surface area contributed by atoms with Gasteiger partial charge >= 0.3 is 0 Å². The number of amides is 2. The minimum Gasteiger partial charge on any atom is -0.336 e. The summed E-state index contributed by atoms with van der Waals surface area (Å²) in [6.07, 6.45) is 5.89. The van der Waals surface area contributed by atoms with Crippen LogP contribution in [0.5, 0.6) is 0 Å². The van der Waals surface area contributed by atoms with Crippen LogP contribution in [-0.2, 0) is 17.6 Å². The third-order valence-electron chi connectivity index (χ3n) is 5.80. The molecule has 0 spiro atoms. The number of aromatic nitrogens is 1. The van der Waals surface area contributed by atoms with E-state index in [0.29, 0.717) is 12.8 Å². The van der Waals surface area contributed by atoms with Crippen LogP contribution in [0, 0.1) is 0 Å². The van der Waals surface area contributed by atoms with Gasteiger partial charge in [0, 0.05) is 69.8 Å². The molecule has 2 aromatic rings. The zero-order valence-corrected chi connectivity index (χ0v) is 16.3. The average molecular weight is 378 g/mol. The fraction of sp³-hybridized carbons (Fsp3) is 0.409. The van der Waals surface area contributed by atoms with Crippen LogP contribution in [0.4, 0.5) is 5.69 Å². The molecule has 0 bridgehead atoms. The minimum absolute atomic E-state index is 0.0936. The van der Waals surface area contributed by atoms with Crippen molar-refractivity contribution in [3.63, 3.8) is 0 Å². The molecule has 3 heterocycles. The van der Waals surface area contributed by atoms with Crippen LogP contribution in [0.3, 0.4) is 0 Å². The highest BCUT2D eigenvalue weighted by Crippen LogP contribution is 2.28. The number of piperazine rings is 1. The Morgan fingerprint density at radius 3 is 2.54 bits per heavy atom. The summed E-state index contributed by atoms with van der Waals surface area (Å²) in [5, 5.41) is 0. The smallest absolute Gasteiger partial charge is 0.253 e. The third-order valence-corrected chi connectivity index (χ3v) is 5.80. The molecule has 1 saturated heterocycles. The predicted molar refractivity (Wildman–Crippen MR) is 108 cm³/mol. The van der Waals surface area contributed by atoms with Crippen molar-refractivity contribution >= 4 is 17.5 Å². The normalized spacial score (nSPS) is 17.5. The first-order valence-electron chi connectivity index (χ1n) is 9.92. The molecule has 0 aliphatic carbocycles. The quantitative estimate of drug-likeness (QED) is 0.817. The van der Waals surface area contributed by atoms with Crippen molar-refractivity contribution in [2.75, 3.05) is 44.7 Å². The predicted octanol–water partition coefficient (Wildman–Crippen LogP) is 1.99. The van der Waals surface area contributed by atoms with Crippen LogP contribution in [0.1, 0.15) is 27.9 Å². The number of fused-ring (bicyclic) bond motifs is 1. The van der Waals surface area contributed by atoms with E-state index in [-0.39, 0.29) is 11.8 Å². The van der Waals surface area contributed by atoms with Crippen molar-refractivity contribution in [2.24, 2.45) is 0 Å². The molecule has 6 nitrogen and oxygen atoms in total. The molecule has 146 valence electrons. The zero-order chi connectivity index (χ0) is 19.5. The molecule has 0 unspecified atom stereocenters. The van der Waals surface area contributed by atoms with Crippen molar-refractivity contribution in [3.05, 3.63) is 59.4 Å². The maximum absolute atomic E-state index is 12.9. The van der Waals surface area contributed by atoms with Crippen molar-refractivity contribution in [2.45, 2.75) is 19.3 Å². The lowest BCUT2D eigenvalue weighted by Crippen LogP contribution is -2.49. The molecule has 2 aliphatic rings. The average Bonchev–Trinajstić information content (AvgIpc) is 2.75. The number of benzene rings is 1. The zero-order valence-electron chi connectivity index (χ0n) is 16.3. The van der Waals surface area contributed by atoms with Crippen LogP contribution in [0.25, 0.3) is 0 Å². The van der Waals surface area contributed by atoms with E-state index in [9.17, 15) is 9.59 Å². The second kappa shape index (κ2) is 8.10. The van der Waals surface area contributed by atoms with Gasteiger partial charge in [0.15, 0.2) is 0 Å². The molecule has 1 fully saturated rings. The number of hydrogen-bond acceptors (Lipinski definition) is 4. The fourth-order valence-corrected chi connectivity index (χ4v) is 3.98. The molecular weight excluding hydrogens is 352 g/mol. The highest BCUT2D eigenvalue weighted by molar-refractivity contribution is 5.99. The van der Waals surface area contributed by atoms with Gasteiger partial charge in [0.2, 0.25) is 5.91 Å². The van der Waals surface area contributed by atoms with Crippen LogP contribution in [0.15, 0.2) is 42.7 Å². The number of aryl methyl sites for hydroxylation is 1. The van der Waals surface area contributed by atoms with Crippen molar-refractivity contribution in [3.8, 4) is 0 Å². The largest absolute Gasteiger partial charge is 0.336 e. The Hall–Kier alpha value is -2.73. The summed E-state index contributed by atoms with van der Waals surface area (Å²) in [5.74, 6) is 0.227. The number of anilines is 1. The minimum atomic E-state index is 0.0936. The molecule has 0 atom stereocenters. The maximum Gasteiger partial charge on any atom is 0.253 e. The molecule has 1 aromatic heterocycles. The SMILES string of the molecule is CN1C(=O)CCc2cc(C(=O)N3CCN(CCc4ccncc4)CC3)ccc21. The summed E-state index contributed by atoms with van der Waals surface area (Å²) in [6.45, 7) is 4.32. The van der Waals surface area contributed by atoms with Crippen molar-refractivity contribution in [1.29, 1.82) is 0 Å². The van der Waals surface area contributed by atoms with Gasteiger partial charge in [-0.15, -0.1) is 0 Å². The topological polar surface area (TPSA) is 56.8 Å². The second-order valence-corrected chi connectivity index (χ2v) is 7.54. The summed E-state index contributed by atoms with van der Waals surface area (Å²) >= 11 is 0. The molecule has 4 rings (SSSR count). The van der Waals surface area contributed by atoms with E-state index in [1.54, 1.807) is 11.9 Å². The van der Waals surface area contributed by atoms with E-state index in [1.165, 1.54) is 5.56 Å². The molecule has 6 heteroatoms. The van der Waals surface area contributed by atoms with Crippen LogP contribution in [0.2, 0.25) is 0 Å². The van der Waals surface area contributed by atoms with Crippen molar-refractivity contribution < 1.29 is 9.59 Å². The number of nitrogens with zero attached hydrogens (tertiary/aromatic N) is 4. The highest BCUT2D eigenvalue weighted by atomic mass is 16.2. The maximum atomic E-state index is 12.9. The Labute approximate surface area is 165 Å². The first kappa shape index (κ1) is 18.6. The summed E-state index contributed by atoms with van der Waals surface area (Å²) in [7, 11) is 1.80. The number of carbonyl (C=O) groups is 2. The molecule has 1 aromatic carbocycles. The lowest BCUT2D eigenvalue weighted by Gasteiger charge is -2.35. The number of carbonyl (C=O) groups excluding carboxylic acids is 2. The number of rotatable bonds is 4. The lowest BCUT2D eigenvalue weighted by molar-refractivity contribution is -0.118.